The third-order valence-corrected chi connectivity index (χ3v) is 6.78. The van der Waals surface area contributed by atoms with E-state index in [1.165, 1.54) is 6.07 Å². The first-order valence-electron chi connectivity index (χ1n) is 8.91. The summed E-state index contributed by atoms with van der Waals surface area (Å²) in [6.07, 6.45) is -1.75. The smallest absolute Gasteiger partial charge is 0.366 e. The highest BCUT2D eigenvalue weighted by Gasteiger charge is 2.34. The molecule has 0 unspecified atom stereocenters. The van der Waals surface area contributed by atoms with E-state index in [1.807, 2.05) is 6.07 Å². The molecular formula is C18H20F3N3O2S. The lowest BCUT2D eigenvalue weighted by molar-refractivity contribution is -0.137. The molecule has 1 aliphatic heterocycles. The zero-order chi connectivity index (χ0) is 19.2. The zero-order valence-electron chi connectivity index (χ0n) is 14.5. The molecule has 1 saturated heterocycles. The van der Waals surface area contributed by atoms with Crippen LogP contribution in [0.4, 0.5) is 19.0 Å². The molecule has 1 atom stereocenters. The van der Waals surface area contributed by atoms with Crippen LogP contribution < -0.4 is 5.32 Å². The summed E-state index contributed by atoms with van der Waals surface area (Å²) in [7, 11) is -3.06. The van der Waals surface area contributed by atoms with Crippen molar-refractivity contribution in [3.05, 3.63) is 47.2 Å². The number of nitrogens with zero attached hydrogens (tertiary/aromatic N) is 2. The number of hydrogen-bond acceptors (Lipinski definition) is 4. The lowest BCUT2D eigenvalue weighted by Gasteiger charge is -2.15. The van der Waals surface area contributed by atoms with Crippen LogP contribution in [0, 0.1) is 0 Å². The largest absolute Gasteiger partial charge is 0.416 e. The van der Waals surface area contributed by atoms with Crippen molar-refractivity contribution in [2.24, 2.45) is 0 Å². The number of nitrogens with one attached hydrogen (secondary N) is 1. The van der Waals surface area contributed by atoms with Crippen LogP contribution in [0.2, 0.25) is 0 Å². The number of halogens is 3. The quantitative estimate of drug-likeness (QED) is 0.832. The molecule has 1 aromatic heterocycles. The van der Waals surface area contributed by atoms with E-state index in [2.05, 4.69) is 10.4 Å². The molecule has 2 aliphatic rings. The fraction of sp³-hybridized carbons (Fsp3) is 0.500. The van der Waals surface area contributed by atoms with Gasteiger partial charge in [-0.15, -0.1) is 0 Å². The Bertz CT molecular complexity index is 949. The van der Waals surface area contributed by atoms with Gasteiger partial charge < -0.3 is 5.32 Å². The van der Waals surface area contributed by atoms with Crippen molar-refractivity contribution in [3.8, 4) is 0 Å². The van der Waals surface area contributed by atoms with Gasteiger partial charge in [0.05, 0.1) is 28.8 Å². The molecule has 1 aromatic carbocycles. The van der Waals surface area contributed by atoms with Crippen molar-refractivity contribution in [2.75, 3.05) is 16.8 Å². The third-order valence-electron chi connectivity index (χ3n) is 5.03. The minimum atomic E-state index is -4.38. The van der Waals surface area contributed by atoms with Gasteiger partial charge >= 0.3 is 6.18 Å². The van der Waals surface area contributed by atoms with Crippen molar-refractivity contribution in [3.63, 3.8) is 0 Å². The average molecular weight is 399 g/mol. The van der Waals surface area contributed by atoms with Gasteiger partial charge in [0.25, 0.3) is 0 Å². The van der Waals surface area contributed by atoms with Gasteiger partial charge in [-0.3, -0.25) is 0 Å². The molecule has 1 N–H and O–H groups in total. The van der Waals surface area contributed by atoms with E-state index < -0.39 is 21.6 Å². The van der Waals surface area contributed by atoms with Crippen molar-refractivity contribution in [1.82, 2.24) is 9.78 Å². The second kappa shape index (κ2) is 6.54. The Hall–Kier alpha value is -2.03. The highest BCUT2D eigenvalue weighted by Crippen LogP contribution is 2.41. The summed E-state index contributed by atoms with van der Waals surface area (Å²) >= 11 is 0. The molecule has 146 valence electrons. The first kappa shape index (κ1) is 18.3. The van der Waals surface area contributed by atoms with Gasteiger partial charge in [0.15, 0.2) is 9.84 Å². The standard InChI is InChI=1S/C18H20F3N3O2S/c19-18(20,21)14-3-1-2-12(8-14)10-22-17-9-16(13-4-5-13)23-24(17)15-6-7-27(25,26)11-15/h1-3,8-9,13,15,22H,4-7,10-11H2/t15-/m0/s1. The zero-order valence-corrected chi connectivity index (χ0v) is 15.4. The lowest BCUT2D eigenvalue weighted by Crippen LogP contribution is -2.16. The molecule has 2 heterocycles. The summed E-state index contributed by atoms with van der Waals surface area (Å²) in [5.74, 6) is 1.26. The summed E-state index contributed by atoms with van der Waals surface area (Å²) in [6, 6.07) is 6.85. The maximum atomic E-state index is 12.9. The Labute approximate surface area is 155 Å². The van der Waals surface area contributed by atoms with Crippen LogP contribution in [0.15, 0.2) is 30.3 Å². The number of aromatic nitrogens is 2. The third kappa shape index (κ3) is 4.12. The highest BCUT2D eigenvalue weighted by molar-refractivity contribution is 7.91. The van der Waals surface area contributed by atoms with Gasteiger partial charge in [0.2, 0.25) is 0 Å². The van der Waals surface area contributed by atoms with Crippen molar-refractivity contribution in [2.45, 2.75) is 43.9 Å². The lowest BCUT2D eigenvalue weighted by atomic mass is 10.1. The minimum absolute atomic E-state index is 0.0526. The van der Waals surface area contributed by atoms with Gasteiger partial charge in [-0.2, -0.15) is 18.3 Å². The number of alkyl halides is 3. The molecule has 0 radical (unpaired) electrons. The molecule has 1 saturated carbocycles. The van der Waals surface area contributed by atoms with Gasteiger partial charge in [-0.25, -0.2) is 13.1 Å². The second-order valence-electron chi connectivity index (χ2n) is 7.28. The Morgan fingerprint density at radius 3 is 2.59 bits per heavy atom. The van der Waals surface area contributed by atoms with Gasteiger partial charge in [-0.1, -0.05) is 12.1 Å². The van der Waals surface area contributed by atoms with E-state index in [9.17, 15) is 21.6 Å². The summed E-state index contributed by atoms with van der Waals surface area (Å²) in [5.41, 5.74) is 0.742. The Balaban J connectivity index is 1.55. The van der Waals surface area contributed by atoms with E-state index in [-0.39, 0.29) is 24.1 Å². The van der Waals surface area contributed by atoms with E-state index in [0.717, 1.165) is 30.7 Å². The number of rotatable bonds is 5. The van der Waals surface area contributed by atoms with Crippen LogP contribution in [-0.2, 0) is 22.6 Å². The number of anilines is 1. The molecule has 5 nitrogen and oxygen atoms in total. The SMILES string of the molecule is O=S1(=O)CC[C@H](n2nc(C3CC3)cc2NCc2cccc(C(F)(F)F)c2)C1. The fourth-order valence-electron chi connectivity index (χ4n) is 3.42. The predicted octanol–water partition coefficient (Wildman–Crippen LogP) is 3.75. The summed E-state index contributed by atoms with van der Waals surface area (Å²) in [4.78, 5) is 0. The van der Waals surface area contributed by atoms with E-state index in [1.54, 1.807) is 10.7 Å². The van der Waals surface area contributed by atoms with Gasteiger partial charge in [0, 0.05) is 18.5 Å². The van der Waals surface area contributed by atoms with E-state index >= 15 is 0 Å². The van der Waals surface area contributed by atoms with Crippen molar-refractivity contribution >= 4 is 15.7 Å². The molecule has 4 rings (SSSR count). The molecule has 0 bridgehead atoms. The maximum absolute atomic E-state index is 12.9. The normalized spacial score (nSPS) is 22.1. The van der Waals surface area contributed by atoms with Crippen LogP contribution in [0.5, 0.6) is 0 Å². The fourth-order valence-corrected chi connectivity index (χ4v) is 5.11. The molecule has 2 aromatic rings. The number of sulfone groups is 1. The van der Waals surface area contributed by atoms with Gasteiger partial charge in [-0.05, 0) is 37.0 Å². The van der Waals surface area contributed by atoms with Crippen LogP contribution in [0.1, 0.15) is 48.0 Å². The molecular weight excluding hydrogens is 379 g/mol. The molecule has 2 fully saturated rings. The second-order valence-corrected chi connectivity index (χ2v) is 9.51. The van der Waals surface area contributed by atoms with Crippen LogP contribution in [0.3, 0.4) is 0 Å². The van der Waals surface area contributed by atoms with Crippen molar-refractivity contribution < 1.29 is 21.6 Å². The average Bonchev–Trinajstić information content (AvgIpc) is 3.26. The molecule has 9 heteroatoms. The van der Waals surface area contributed by atoms with Gasteiger partial charge in [0.1, 0.15) is 5.82 Å². The summed E-state index contributed by atoms with van der Waals surface area (Å²) in [6.45, 7) is 0.208. The Morgan fingerprint density at radius 2 is 1.96 bits per heavy atom. The monoisotopic (exact) mass is 399 g/mol. The van der Waals surface area contributed by atoms with Crippen LogP contribution in [0.25, 0.3) is 0 Å². The molecule has 27 heavy (non-hydrogen) atoms. The molecule has 0 spiro atoms. The van der Waals surface area contributed by atoms with Crippen LogP contribution >= 0.6 is 0 Å². The Morgan fingerprint density at radius 1 is 1.19 bits per heavy atom. The predicted molar refractivity (Wildman–Crippen MR) is 95.3 cm³/mol. The Kier molecular flexibility index (Phi) is 4.44. The van der Waals surface area contributed by atoms with E-state index in [4.69, 9.17) is 0 Å². The number of benzene rings is 1. The molecule has 0 amide bonds. The molecule has 1 aliphatic carbocycles. The maximum Gasteiger partial charge on any atom is 0.416 e. The van der Waals surface area contributed by atoms with Crippen LogP contribution in [-0.4, -0.2) is 29.7 Å². The first-order valence-corrected chi connectivity index (χ1v) is 10.7. The first-order chi connectivity index (χ1) is 12.7. The highest BCUT2D eigenvalue weighted by atomic mass is 32.2. The number of hydrogen-bond donors (Lipinski definition) is 1. The summed E-state index contributed by atoms with van der Waals surface area (Å²) in [5, 5.41) is 7.75. The topological polar surface area (TPSA) is 64.0 Å². The summed E-state index contributed by atoms with van der Waals surface area (Å²) < 4.78 is 64.0. The van der Waals surface area contributed by atoms with Crippen molar-refractivity contribution in [1.29, 1.82) is 0 Å². The minimum Gasteiger partial charge on any atom is -0.366 e. The van der Waals surface area contributed by atoms with E-state index in [0.29, 0.717) is 23.7 Å².